The molecule has 0 fully saturated rings. The van der Waals surface area contributed by atoms with E-state index in [0.29, 0.717) is 24.2 Å². The van der Waals surface area contributed by atoms with Crippen molar-refractivity contribution in [2.75, 3.05) is 31.5 Å². The van der Waals surface area contributed by atoms with Gasteiger partial charge in [-0.3, -0.25) is 14.4 Å². The molecule has 0 radical (unpaired) electrons. The summed E-state index contributed by atoms with van der Waals surface area (Å²) in [6, 6.07) is 16.5. The topological polar surface area (TPSA) is 127 Å². The fourth-order valence-corrected chi connectivity index (χ4v) is 3.68. The summed E-state index contributed by atoms with van der Waals surface area (Å²) in [5, 5.41) is 18.1. The van der Waals surface area contributed by atoms with Gasteiger partial charge in [0.25, 0.3) is 11.8 Å². The lowest BCUT2D eigenvalue weighted by molar-refractivity contribution is -0.116. The number of carbonyl (C=O) groups excluding carboxylic acids is 3. The summed E-state index contributed by atoms with van der Waals surface area (Å²) < 4.78 is 5.50. The average Bonchev–Trinajstić information content (AvgIpc) is 3.44. The zero-order valence-corrected chi connectivity index (χ0v) is 21.2. The van der Waals surface area contributed by atoms with Gasteiger partial charge in [0.1, 0.15) is 17.2 Å². The van der Waals surface area contributed by atoms with Crippen LogP contribution in [0, 0.1) is 0 Å². The first-order valence-corrected chi connectivity index (χ1v) is 11.7. The largest absolute Gasteiger partial charge is 0.505 e. The number of aromatic hydroxyl groups is 1. The lowest BCUT2D eigenvalue weighted by atomic mass is 10.1. The number of nitrogens with one attached hydrogen (secondary N) is 3. The summed E-state index contributed by atoms with van der Waals surface area (Å²) in [7, 11) is 4.70. The standard InChI is InChI=1S/C27H31N5O5/c1-5-20(23-15-10-16-37-23)29-22(17-33)24(27(36)32(28-2)18-11-7-6-8-12-18)30-21-14-9-13-19(25(21)34)26(35)31(3)4/h6-17,20,28-30,34H,5H2,1-4H3/b24-22-/t20-/m1/s1. The summed E-state index contributed by atoms with van der Waals surface area (Å²) in [6.45, 7) is 1.91. The van der Waals surface area contributed by atoms with Crippen LogP contribution in [-0.2, 0) is 9.59 Å². The number of furan rings is 1. The molecule has 0 aliphatic carbocycles. The third-order valence-electron chi connectivity index (χ3n) is 5.60. The molecule has 1 aromatic heterocycles. The van der Waals surface area contributed by atoms with E-state index in [-0.39, 0.29) is 28.4 Å². The first kappa shape index (κ1) is 27.0. The average molecular weight is 506 g/mol. The maximum atomic E-state index is 13.8. The second kappa shape index (κ2) is 12.4. The number of phenolic OH excluding ortho intramolecular Hbond substituents is 1. The first-order chi connectivity index (χ1) is 17.8. The molecule has 37 heavy (non-hydrogen) atoms. The van der Waals surface area contributed by atoms with Gasteiger partial charge in [-0.1, -0.05) is 31.2 Å². The minimum atomic E-state index is -0.610. The van der Waals surface area contributed by atoms with Crippen molar-refractivity contribution in [3.63, 3.8) is 0 Å². The molecule has 1 atom stereocenters. The van der Waals surface area contributed by atoms with Crippen LogP contribution in [0.1, 0.15) is 35.5 Å². The van der Waals surface area contributed by atoms with Crippen molar-refractivity contribution in [2.24, 2.45) is 0 Å². The Hall–Kier alpha value is -4.57. The molecule has 0 unspecified atom stereocenters. The van der Waals surface area contributed by atoms with Crippen LogP contribution in [0.25, 0.3) is 0 Å². The van der Waals surface area contributed by atoms with Crippen molar-refractivity contribution in [3.8, 4) is 5.75 Å². The maximum absolute atomic E-state index is 13.8. The lowest BCUT2D eigenvalue weighted by Crippen LogP contribution is -2.44. The first-order valence-electron chi connectivity index (χ1n) is 11.7. The Morgan fingerprint density at radius 2 is 1.78 bits per heavy atom. The molecule has 2 amide bonds. The van der Waals surface area contributed by atoms with Gasteiger partial charge < -0.3 is 25.1 Å². The highest BCUT2D eigenvalue weighted by Gasteiger charge is 2.27. The quantitative estimate of drug-likeness (QED) is 0.135. The number of rotatable bonds is 11. The second-order valence-corrected chi connectivity index (χ2v) is 8.25. The van der Waals surface area contributed by atoms with Crippen LogP contribution < -0.4 is 21.1 Å². The molecule has 1 heterocycles. The van der Waals surface area contributed by atoms with Gasteiger partial charge in [-0.25, -0.2) is 10.4 Å². The van der Waals surface area contributed by atoms with Crippen molar-refractivity contribution in [2.45, 2.75) is 19.4 Å². The third-order valence-corrected chi connectivity index (χ3v) is 5.60. The van der Waals surface area contributed by atoms with Gasteiger partial charge >= 0.3 is 0 Å². The molecule has 0 aliphatic heterocycles. The second-order valence-electron chi connectivity index (χ2n) is 8.25. The number of phenols is 1. The molecule has 3 rings (SSSR count). The number of benzene rings is 2. The molecule has 0 spiro atoms. The smallest absolute Gasteiger partial charge is 0.291 e. The maximum Gasteiger partial charge on any atom is 0.291 e. The Bertz CT molecular complexity index is 1260. The SMILES string of the molecule is CC[C@@H](N/C(C=O)=C(\Nc1cccc(C(=O)N(C)C)c1O)C(=O)N(NC)c1ccccc1)c1ccco1. The van der Waals surface area contributed by atoms with E-state index in [0.717, 1.165) is 0 Å². The van der Waals surface area contributed by atoms with Gasteiger partial charge in [0.15, 0.2) is 12.0 Å². The van der Waals surface area contributed by atoms with Crippen LogP contribution in [0.15, 0.2) is 82.7 Å². The molecule has 10 nitrogen and oxygen atoms in total. The lowest BCUT2D eigenvalue weighted by Gasteiger charge is -2.26. The number of aldehydes is 1. The van der Waals surface area contributed by atoms with Crippen LogP contribution in [-0.4, -0.2) is 49.2 Å². The van der Waals surface area contributed by atoms with E-state index in [1.54, 1.807) is 63.6 Å². The van der Waals surface area contributed by atoms with E-state index in [1.165, 1.54) is 28.3 Å². The van der Waals surface area contributed by atoms with E-state index >= 15 is 0 Å². The van der Waals surface area contributed by atoms with E-state index in [1.807, 2.05) is 13.0 Å². The molecule has 0 saturated heterocycles. The van der Waals surface area contributed by atoms with Crippen LogP contribution in [0.5, 0.6) is 5.75 Å². The third kappa shape index (κ3) is 6.17. The molecular weight excluding hydrogens is 474 g/mol. The van der Waals surface area contributed by atoms with E-state index < -0.39 is 17.9 Å². The van der Waals surface area contributed by atoms with E-state index in [2.05, 4.69) is 16.1 Å². The Kier molecular flexibility index (Phi) is 9.06. The van der Waals surface area contributed by atoms with Crippen molar-refractivity contribution in [1.29, 1.82) is 0 Å². The van der Waals surface area contributed by atoms with Crippen molar-refractivity contribution < 1.29 is 23.9 Å². The number of hydrogen-bond donors (Lipinski definition) is 4. The van der Waals surface area contributed by atoms with Crippen LogP contribution >= 0.6 is 0 Å². The van der Waals surface area contributed by atoms with Gasteiger partial charge in [-0.05, 0) is 42.8 Å². The van der Waals surface area contributed by atoms with Crippen molar-refractivity contribution >= 4 is 29.5 Å². The molecule has 0 saturated carbocycles. The van der Waals surface area contributed by atoms with Crippen molar-refractivity contribution in [1.82, 2.24) is 15.6 Å². The molecule has 0 bridgehead atoms. The van der Waals surface area contributed by atoms with Crippen LogP contribution in [0.2, 0.25) is 0 Å². The van der Waals surface area contributed by atoms with Gasteiger partial charge in [0.05, 0.1) is 29.2 Å². The minimum absolute atomic E-state index is 0.0398. The number of allylic oxidation sites excluding steroid dienone is 1. The number of amides is 2. The molecule has 4 N–H and O–H groups in total. The van der Waals surface area contributed by atoms with Gasteiger partial charge in [0.2, 0.25) is 0 Å². The number of nitrogens with zero attached hydrogens (tertiary/aromatic N) is 2. The fraction of sp³-hybridized carbons (Fsp3) is 0.222. The fourth-order valence-electron chi connectivity index (χ4n) is 3.68. The Morgan fingerprint density at radius 3 is 2.35 bits per heavy atom. The molecular formula is C27H31N5O5. The number of para-hydroxylation sites is 2. The van der Waals surface area contributed by atoms with Gasteiger partial charge in [-0.15, -0.1) is 0 Å². The predicted molar refractivity (Wildman–Crippen MR) is 141 cm³/mol. The number of hydrogen-bond acceptors (Lipinski definition) is 8. The van der Waals surface area contributed by atoms with E-state index in [4.69, 9.17) is 4.42 Å². The van der Waals surface area contributed by atoms with E-state index in [9.17, 15) is 19.5 Å². The zero-order valence-electron chi connectivity index (χ0n) is 21.2. The zero-order chi connectivity index (χ0) is 26.9. The van der Waals surface area contributed by atoms with Gasteiger partial charge in [0, 0.05) is 21.1 Å². The number of anilines is 2. The summed E-state index contributed by atoms with van der Waals surface area (Å²) in [5.41, 5.74) is 3.27. The molecule has 0 aliphatic rings. The normalized spacial score (nSPS) is 12.2. The van der Waals surface area contributed by atoms with Gasteiger partial charge in [-0.2, -0.15) is 0 Å². The monoisotopic (exact) mass is 505 g/mol. The molecule has 3 aromatic rings. The Balaban J connectivity index is 2.12. The summed E-state index contributed by atoms with van der Waals surface area (Å²) in [5.74, 6) is -0.799. The predicted octanol–water partition coefficient (Wildman–Crippen LogP) is 3.42. The van der Waals surface area contributed by atoms with Crippen LogP contribution in [0.4, 0.5) is 11.4 Å². The molecule has 10 heteroatoms. The van der Waals surface area contributed by atoms with Crippen molar-refractivity contribution in [3.05, 3.63) is 89.6 Å². The van der Waals surface area contributed by atoms with Crippen LogP contribution in [0.3, 0.4) is 0 Å². The highest BCUT2D eigenvalue weighted by atomic mass is 16.3. The minimum Gasteiger partial charge on any atom is -0.505 e. The number of hydrazine groups is 1. The molecule has 194 valence electrons. The Morgan fingerprint density at radius 1 is 1.05 bits per heavy atom. The highest BCUT2D eigenvalue weighted by molar-refractivity contribution is 6.10. The molecule has 2 aromatic carbocycles. The summed E-state index contributed by atoms with van der Waals surface area (Å²) in [6.07, 6.45) is 2.60. The number of carbonyl (C=O) groups is 3. The summed E-state index contributed by atoms with van der Waals surface area (Å²) >= 11 is 0. The Labute approximate surface area is 215 Å². The summed E-state index contributed by atoms with van der Waals surface area (Å²) in [4.78, 5) is 40.1. The highest BCUT2D eigenvalue weighted by Crippen LogP contribution is 2.30.